The molecule has 0 aliphatic rings. The van der Waals surface area contributed by atoms with E-state index in [9.17, 15) is 40.7 Å². The lowest BCUT2D eigenvalue weighted by Gasteiger charge is -2.12. The van der Waals surface area contributed by atoms with E-state index in [2.05, 4.69) is 24.2 Å². The topological polar surface area (TPSA) is 166 Å². The van der Waals surface area contributed by atoms with Crippen LogP contribution in [0, 0.1) is 0 Å². The zero-order chi connectivity index (χ0) is 24.1. The molecule has 0 saturated carbocycles. The number of ether oxygens (including phenoxy) is 3. The highest BCUT2D eigenvalue weighted by Gasteiger charge is 2.26. The molecule has 2 amide bonds. The molecule has 1 heterocycles. The Hall–Kier alpha value is -3.89. The van der Waals surface area contributed by atoms with Crippen molar-refractivity contribution >= 4 is 28.0 Å². The number of amides is 2. The van der Waals surface area contributed by atoms with E-state index in [0.29, 0.717) is 12.1 Å². The van der Waals surface area contributed by atoms with Crippen LogP contribution in [0.25, 0.3) is 0 Å². The molecule has 2 rings (SSSR count). The van der Waals surface area contributed by atoms with Gasteiger partial charge in [-0.15, -0.1) is 0 Å². The van der Waals surface area contributed by atoms with Crippen molar-refractivity contribution in [1.29, 1.82) is 0 Å². The fraction of sp³-hybridized carbons (Fsp3) is 0.200. The average molecular weight is 484 g/mol. The van der Waals surface area contributed by atoms with Crippen LogP contribution in [-0.2, 0) is 14.8 Å². The summed E-state index contributed by atoms with van der Waals surface area (Å²) in [6.45, 7) is -6.84. The van der Waals surface area contributed by atoms with E-state index in [1.165, 1.54) is 4.72 Å². The Morgan fingerprint density at radius 1 is 1.03 bits per heavy atom. The number of carbonyl (C=O) groups is 2. The van der Waals surface area contributed by atoms with Crippen molar-refractivity contribution in [2.75, 3.05) is 12.4 Å². The summed E-state index contributed by atoms with van der Waals surface area (Å²) < 4.78 is 88.1. The molecule has 0 aliphatic carbocycles. The van der Waals surface area contributed by atoms with Crippen molar-refractivity contribution in [3.63, 3.8) is 0 Å². The van der Waals surface area contributed by atoms with Crippen molar-refractivity contribution in [2.24, 2.45) is 0 Å². The molecule has 3 N–H and O–H groups in total. The minimum absolute atomic E-state index is 0.466. The summed E-state index contributed by atoms with van der Waals surface area (Å²) in [5.74, 6) is -4.60. The first-order valence-electron chi connectivity index (χ1n) is 7.95. The van der Waals surface area contributed by atoms with Crippen molar-refractivity contribution in [3.8, 4) is 17.5 Å². The van der Waals surface area contributed by atoms with E-state index in [4.69, 9.17) is 0 Å². The van der Waals surface area contributed by atoms with E-state index in [-0.39, 0.29) is 0 Å². The van der Waals surface area contributed by atoms with Gasteiger partial charge in [0.15, 0.2) is 0 Å². The van der Waals surface area contributed by atoms with Crippen LogP contribution in [0.3, 0.4) is 0 Å². The van der Waals surface area contributed by atoms with Gasteiger partial charge in [0.1, 0.15) is 10.6 Å². The number of phenols is 1. The second kappa shape index (κ2) is 9.94. The van der Waals surface area contributed by atoms with Gasteiger partial charge in [-0.25, -0.2) is 22.7 Å². The third-order valence-electron chi connectivity index (χ3n) is 3.21. The molecule has 0 radical (unpaired) electrons. The zero-order valence-corrected chi connectivity index (χ0v) is 16.4. The number of aromatic hydroxyl groups is 1. The van der Waals surface area contributed by atoms with Gasteiger partial charge in [0.05, 0.1) is 18.7 Å². The molecule has 2 aromatic rings. The minimum Gasteiger partial charge on any atom is -0.508 e. The number of anilines is 1. The first-order valence-corrected chi connectivity index (χ1v) is 9.43. The van der Waals surface area contributed by atoms with Gasteiger partial charge >= 0.3 is 25.2 Å². The lowest BCUT2D eigenvalue weighted by molar-refractivity contribution is -0.0579. The fourth-order valence-electron chi connectivity index (χ4n) is 2.08. The highest BCUT2D eigenvalue weighted by Crippen LogP contribution is 2.23. The van der Waals surface area contributed by atoms with E-state index in [1.807, 2.05) is 0 Å². The summed E-state index contributed by atoms with van der Waals surface area (Å²) in [5.41, 5.74) is -0.540. The molecule has 0 aliphatic heterocycles. The number of methoxy groups -OCH3 is 1. The number of sulfonamides is 1. The molecule has 0 saturated heterocycles. The van der Waals surface area contributed by atoms with Gasteiger partial charge in [0.2, 0.25) is 17.7 Å². The number of hydrogen-bond donors (Lipinski definition) is 3. The first-order chi connectivity index (χ1) is 14.9. The Morgan fingerprint density at radius 2 is 1.59 bits per heavy atom. The third-order valence-corrected chi connectivity index (χ3v) is 4.58. The average Bonchev–Trinajstić information content (AvgIpc) is 2.65. The van der Waals surface area contributed by atoms with Crippen LogP contribution in [0.15, 0.2) is 29.2 Å². The van der Waals surface area contributed by atoms with Crippen LogP contribution in [0.1, 0.15) is 10.4 Å². The van der Waals surface area contributed by atoms with E-state index < -0.39 is 69.2 Å². The first kappa shape index (κ1) is 24.4. The minimum atomic E-state index is -4.83. The smallest absolute Gasteiger partial charge is 0.388 e. The molecule has 32 heavy (non-hydrogen) atoms. The van der Waals surface area contributed by atoms with Gasteiger partial charge in [-0.2, -0.15) is 27.5 Å². The van der Waals surface area contributed by atoms with Crippen molar-refractivity contribution in [2.45, 2.75) is 18.1 Å². The Bertz CT molecular complexity index is 1090. The highest BCUT2D eigenvalue weighted by molar-refractivity contribution is 7.90. The number of nitrogens with one attached hydrogen (secondary N) is 2. The largest absolute Gasteiger partial charge is 0.508 e. The van der Waals surface area contributed by atoms with Crippen LogP contribution in [0.4, 0.5) is 28.3 Å². The van der Waals surface area contributed by atoms with Crippen LogP contribution >= 0.6 is 0 Å². The molecular formula is C15H12F4N4O8S. The monoisotopic (exact) mass is 484 g/mol. The lowest BCUT2D eigenvalue weighted by atomic mass is 10.2. The normalized spacial score (nSPS) is 11.2. The van der Waals surface area contributed by atoms with Gasteiger partial charge in [-0.1, -0.05) is 0 Å². The maximum Gasteiger partial charge on any atom is 0.388 e. The molecule has 17 heteroatoms. The number of carbonyl (C=O) groups excluding carboxylic acids is 2. The highest BCUT2D eigenvalue weighted by atomic mass is 32.2. The summed E-state index contributed by atoms with van der Waals surface area (Å²) in [4.78, 5) is 29.5. The molecular weight excluding hydrogens is 472 g/mol. The van der Waals surface area contributed by atoms with Crippen molar-refractivity contribution in [1.82, 2.24) is 14.7 Å². The maximum absolute atomic E-state index is 12.5. The van der Waals surface area contributed by atoms with E-state index in [1.54, 1.807) is 5.32 Å². The molecule has 0 unspecified atom stereocenters. The molecule has 174 valence electrons. The molecule has 12 nitrogen and oxygen atoms in total. The summed E-state index contributed by atoms with van der Waals surface area (Å²) in [6.07, 6.45) is 0. The molecule has 0 atom stereocenters. The number of hydrogen-bond acceptors (Lipinski definition) is 10. The molecule has 0 fully saturated rings. The van der Waals surface area contributed by atoms with Gasteiger partial charge in [0, 0.05) is 6.07 Å². The number of phenolic OH excluding ortho intramolecular Hbond substituents is 1. The Kier molecular flexibility index (Phi) is 7.58. The molecule has 0 bridgehead atoms. The van der Waals surface area contributed by atoms with Gasteiger partial charge in [-0.05, 0) is 12.1 Å². The number of aromatic nitrogens is 2. The van der Waals surface area contributed by atoms with Crippen molar-refractivity contribution in [3.05, 3.63) is 29.8 Å². The van der Waals surface area contributed by atoms with E-state index in [0.717, 1.165) is 19.2 Å². The zero-order valence-electron chi connectivity index (χ0n) is 15.6. The number of benzene rings is 1. The number of urea groups is 1. The van der Waals surface area contributed by atoms with Gasteiger partial charge in [-0.3, -0.25) is 5.32 Å². The summed E-state index contributed by atoms with van der Waals surface area (Å²) in [5, 5.41) is 11.2. The lowest BCUT2D eigenvalue weighted by Crippen LogP contribution is -2.35. The van der Waals surface area contributed by atoms with Crippen LogP contribution in [-0.4, -0.2) is 55.8 Å². The van der Waals surface area contributed by atoms with Crippen LogP contribution in [0.5, 0.6) is 17.5 Å². The molecule has 0 spiro atoms. The Balaban J connectivity index is 2.30. The number of halogens is 4. The number of nitrogens with zero attached hydrogens (tertiary/aromatic N) is 2. The number of rotatable bonds is 8. The fourth-order valence-corrected chi connectivity index (χ4v) is 3.20. The van der Waals surface area contributed by atoms with Crippen LogP contribution < -0.4 is 19.5 Å². The Morgan fingerprint density at radius 3 is 2.09 bits per heavy atom. The van der Waals surface area contributed by atoms with Gasteiger partial charge in [0.25, 0.3) is 10.0 Å². The predicted octanol–water partition coefficient (Wildman–Crippen LogP) is 1.68. The van der Waals surface area contributed by atoms with Gasteiger partial charge < -0.3 is 19.3 Å². The van der Waals surface area contributed by atoms with Crippen LogP contribution in [0.2, 0.25) is 0 Å². The van der Waals surface area contributed by atoms with Crippen molar-refractivity contribution < 1.29 is 54.9 Å². The SMILES string of the molecule is COC(=O)c1ccc(O)cc1S(=O)(=O)NC(=O)Nc1nc(OC(F)F)cc(OC(F)F)n1. The number of alkyl halides is 4. The van der Waals surface area contributed by atoms with E-state index >= 15 is 0 Å². The maximum atomic E-state index is 12.5. The third kappa shape index (κ3) is 6.56. The second-order valence-electron chi connectivity index (χ2n) is 5.36. The summed E-state index contributed by atoms with van der Waals surface area (Å²) in [7, 11) is -3.87. The molecule has 1 aromatic carbocycles. The Labute approximate surface area is 176 Å². The summed E-state index contributed by atoms with van der Waals surface area (Å²) >= 11 is 0. The standard InChI is InChI=1S/C15H12F4N4O8S/c1-29-11(25)7-3-2-6(24)4-8(7)32(27,28)23-15(26)22-14-20-9(30-12(16)17)5-10(21-14)31-13(18)19/h2-5,12-13,24H,1H3,(H2,20,21,22,23,26). The molecule has 1 aromatic heterocycles. The second-order valence-corrected chi connectivity index (χ2v) is 7.01. The summed E-state index contributed by atoms with van der Waals surface area (Å²) in [6, 6.07) is 1.41. The number of esters is 1. The quantitative estimate of drug-likeness (QED) is 0.371. The predicted molar refractivity (Wildman–Crippen MR) is 94.1 cm³/mol.